The summed E-state index contributed by atoms with van der Waals surface area (Å²) < 4.78 is 18.1. The van der Waals surface area contributed by atoms with Crippen LogP contribution in [-0.2, 0) is 6.42 Å². The fourth-order valence-corrected chi connectivity index (χ4v) is 1.08. The van der Waals surface area contributed by atoms with Gasteiger partial charge in [0.2, 0.25) is 0 Å². The zero-order chi connectivity index (χ0) is 9.68. The molecular formula is C10H13FO2. The Morgan fingerprint density at radius 1 is 1.46 bits per heavy atom. The highest BCUT2D eigenvalue weighted by atomic mass is 19.1. The summed E-state index contributed by atoms with van der Waals surface area (Å²) in [7, 11) is 0. The molecular weight excluding hydrogens is 171 g/mol. The van der Waals surface area contributed by atoms with Crippen molar-refractivity contribution in [3.05, 3.63) is 29.6 Å². The van der Waals surface area contributed by atoms with Crippen LogP contribution in [0.15, 0.2) is 18.2 Å². The van der Waals surface area contributed by atoms with Crippen molar-refractivity contribution in [3.63, 3.8) is 0 Å². The smallest absolute Gasteiger partial charge is 0.126 e. The molecule has 0 aromatic heterocycles. The van der Waals surface area contributed by atoms with Crippen LogP contribution in [-0.4, -0.2) is 18.3 Å². The monoisotopic (exact) mass is 184 g/mol. The highest BCUT2D eigenvalue weighted by Crippen LogP contribution is 2.16. The van der Waals surface area contributed by atoms with Crippen molar-refractivity contribution in [2.24, 2.45) is 0 Å². The van der Waals surface area contributed by atoms with E-state index < -0.39 is 0 Å². The van der Waals surface area contributed by atoms with Gasteiger partial charge >= 0.3 is 0 Å². The van der Waals surface area contributed by atoms with Gasteiger partial charge in [0.25, 0.3) is 0 Å². The molecule has 1 aromatic rings. The van der Waals surface area contributed by atoms with Crippen LogP contribution in [0.5, 0.6) is 5.75 Å². The van der Waals surface area contributed by atoms with E-state index in [0.29, 0.717) is 17.7 Å². The van der Waals surface area contributed by atoms with Crippen LogP contribution < -0.4 is 4.74 Å². The fraction of sp³-hybridized carbons (Fsp3) is 0.400. The van der Waals surface area contributed by atoms with Gasteiger partial charge in [0, 0.05) is 0 Å². The van der Waals surface area contributed by atoms with E-state index >= 15 is 0 Å². The lowest BCUT2D eigenvalue weighted by atomic mass is 10.1. The number of aliphatic hydroxyl groups is 1. The Labute approximate surface area is 77.0 Å². The van der Waals surface area contributed by atoms with Gasteiger partial charge in [-0.25, -0.2) is 4.39 Å². The van der Waals surface area contributed by atoms with E-state index in [1.165, 1.54) is 6.07 Å². The summed E-state index contributed by atoms with van der Waals surface area (Å²) in [6.45, 7) is 2.10. The minimum Gasteiger partial charge on any atom is -0.491 e. The first-order valence-corrected chi connectivity index (χ1v) is 4.30. The third-order valence-electron chi connectivity index (χ3n) is 1.76. The minimum absolute atomic E-state index is 0.0289. The Kier molecular flexibility index (Phi) is 3.71. The van der Waals surface area contributed by atoms with Crippen LogP contribution in [0.2, 0.25) is 0 Å². The number of ether oxygens (including phenoxy) is 1. The predicted octanol–water partition coefficient (Wildman–Crippen LogP) is 1.76. The van der Waals surface area contributed by atoms with E-state index in [2.05, 4.69) is 0 Å². The van der Waals surface area contributed by atoms with Crippen molar-refractivity contribution in [2.45, 2.75) is 13.3 Å². The standard InChI is InChI=1S/C10H13FO2/c1-2-8-7-9(13-6-5-12)3-4-10(8)11/h3-4,7,12H,2,5-6H2,1H3. The topological polar surface area (TPSA) is 29.5 Å². The van der Waals surface area contributed by atoms with Gasteiger partial charge in [-0.1, -0.05) is 6.92 Å². The molecule has 0 bridgehead atoms. The molecule has 0 aliphatic rings. The first kappa shape index (κ1) is 9.99. The van der Waals surface area contributed by atoms with Crippen molar-refractivity contribution in [2.75, 3.05) is 13.2 Å². The molecule has 0 atom stereocenters. The molecule has 1 rings (SSSR count). The molecule has 0 fully saturated rings. The van der Waals surface area contributed by atoms with E-state index in [9.17, 15) is 4.39 Å². The molecule has 1 N–H and O–H groups in total. The summed E-state index contributed by atoms with van der Waals surface area (Å²) in [6.07, 6.45) is 0.641. The van der Waals surface area contributed by atoms with Crippen LogP contribution in [0.1, 0.15) is 12.5 Å². The summed E-state index contributed by atoms with van der Waals surface area (Å²) in [5.41, 5.74) is 0.635. The normalized spacial score (nSPS) is 10.1. The van der Waals surface area contributed by atoms with Gasteiger partial charge in [0.15, 0.2) is 0 Å². The molecule has 3 heteroatoms. The van der Waals surface area contributed by atoms with Crippen LogP contribution >= 0.6 is 0 Å². The van der Waals surface area contributed by atoms with Crippen LogP contribution in [0, 0.1) is 5.82 Å². The molecule has 13 heavy (non-hydrogen) atoms. The SMILES string of the molecule is CCc1cc(OCCO)ccc1F. The minimum atomic E-state index is -0.209. The summed E-state index contributed by atoms with van der Waals surface area (Å²) in [4.78, 5) is 0. The maximum absolute atomic E-state index is 13.0. The van der Waals surface area contributed by atoms with E-state index in [1.807, 2.05) is 6.92 Å². The Bertz CT molecular complexity index is 274. The van der Waals surface area contributed by atoms with Gasteiger partial charge in [-0.2, -0.15) is 0 Å². The first-order valence-electron chi connectivity index (χ1n) is 4.30. The van der Waals surface area contributed by atoms with Gasteiger partial charge in [-0.15, -0.1) is 0 Å². The zero-order valence-corrected chi connectivity index (χ0v) is 7.59. The number of aliphatic hydroxyl groups excluding tert-OH is 1. The van der Waals surface area contributed by atoms with E-state index in [4.69, 9.17) is 9.84 Å². The highest BCUT2D eigenvalue weighted by Gasteiger charge is 2.01. The number of halogens is 1. The summed E-state index contributed by atoms with van der Waals surface area (Å²) in [6, 6.07) is 4.60. The molecule has 72 valence electrons. The molecule has 2 nitrogen and oxygen atoms in total. The molecule has 0 amide bonds. The Morgan fingerprint density at radius 3 is 2.85 bits per heavy atom. The molecule has 0 aliphatic carbocycles. The van der Waals surface area contributed by atoms with E-state index in [1.54, 1.807) is 12.1 Å². The maximum Gasteiger partial charge on any atom is 0.126 e. The van der Waals surface area contributed by atoms with Gasteiger partial charge in [-0.3, -0.25) is 0 Å². The van der Waals surface area contributed by atoms with Gasteiger partial charge < -0.3 is 9.84 Å². The summed E-state index contributed by atoms with van der Waals surface area (Å²) in [5, 5.41) is 8.51. The van der Waals surface area contributed by atoms with Crippen molar-refractivity contribution < 1.29 is 14.2 Å². The van der Waals surface area contributed by atoms with Crippen molar-refractivity contribution >= 4 is 0 Å². The first-order chi connectivity index (χ1) is 6.27. The van der Waals surface area contributed by atoms with Gasteiger partial charge in [0.1, 0.15) is 18.2 Å². The van der Waals surface area contributed by atoms with Gasteiger partial charge in [0.05, 0.1) is 6.61 Å². The fourth-order valence-electron chi connectivity index (χ4n) is 1.08. The number of hydrogen-bond donors (Lipinski definition) is 1. The summed E-state index contributed by atoms with van der Waals surface area (Å²) in [5.74, 6) is 0.395. The number of aryl methyl sites for hydroxylation is 1. The Hall–Kier alpha value is -1.09. The van der Waals surface area contributed by atoms with Crippen LogP contribution in [0.4, 0.5) is 4.39 Å². The highest BCUT2D eigenvalue weighted by molar-refractivity contribution is 5.29. The Morgan fingerprint density at radius 2 is 2.23 bits per heavy atom. The average Bonchev–Trinajstić information content (AvgIpc) is 2.16. The van der Waals surface area contributed by atoms with Gasteiger partial charge in [-0.05, 0) is 30.2 Å². The van der Waals surface area contributed by atoms with Crippen molar-refractivity contribution in [1.82, 2.24) is 0 Å². The maximum atomic E-state index is 13.0. The molecule has 0 unspecified atom stereocenters. The summed E-state index contributed by atoms with van der Waals surface area (Å²) >= 11 is 0. The van der Waals surface area contributed by atoms with Crippen LogP contribution in [0.25, 0.3) is 0 Å². The quantitative estimate of drug-likeness (QED) is 0.772. The molecule has 1 aromatic carbocycles. The second-order valence-electron chi connectivity index (χ2n) is 2.68. The molecule has 0 radical (unpaired) electrons. The second-order valence-corrected chi connectivity index (χ2v) is 2.68. The van der Waals surface area contributed by atoms with E-state index in [-0.39, 0.29) is 19.0 Å². The predicted molar refractivity (Wildman–Crippen MR) is 48.4 cm³/mol. The molecule has 0 heterocycles. The number of benzene rings is 1. The van der Waals surface area contributed by atoms with E-state index in [0.717, 1.165) is 0 Å². The number of hydrogen-bond acceptors (Lipinski definition) is 2. The number of rotatable bonds is 4. The molecule has 0 saturated carbocycles. The third-order valence-corrected chi connectivity index (χ3v) is 1.76. The van der Waals surface area contributed by atoms with Crippen molar-refractivity contribution in [3.8, 4) is 5.75 Å². The van der Waals surface area contributed by atoms with Crippen LogP contribution in [0.3, 0.4) is 0 Å². The zero-order valence-electron chi connectivity index (χ0n) is 7.59. The lowest BCUT2D eigenvalue weighted by molar-refractivity contribution is 0.201. The Balaban J connectivity index is 2.74. The molecule has 0 spiro atoms. The largest absolute Gasteiger partial charge is 0.491 e. The second kappa shape index (κ2) is 4.82. The molecule has 0 aliphatic heterocycles. The van der Waals surface area contributed by atoms with Crippen molar-refractivity contribution in [1.29, 1.82) is 0 Å². The third kappa shape index (κ3) is 2.70. The molecule has 0 saturated heterocycles. The lowest BCUT2D eigenvalue weighted by Gasteiger charge is -2.06. The average molecular weight is 184 g/mol. The lowest BCUT2D eigenvalue weighted by Crippen LogP contribution is -2.02.